The van der Waals surface area contributed by atoms with Gasteiger partial charge in [-0.2, -0.15) is 0 Å². The maximum atomic E-state index is 12.3. The fraction of sp³-hybridized carbons (Fsp3) is 0.467. The van der Waals surface area contributed by atoms with Crippen molar-refractivity contribution in [1.82, 2.24) is 19.9 Å². The smallest absolute Gasteiger partial charge is 0.273 e. The number of hydrogen-bond acceptors (Lipinski definition) is 7. The highest BCUT2D eigenvalue weighted by molar-refractivity contribution is 7.07. The van der Waals surface area contributed by atoms with E-state index in [1.165, 1.54) is 16.2 Å². The van der Waals surface area contributed by atoms with E-state index in [-0.39, 0.29) is 12.5 Å². The molecule has 7 nitrogen and oxygen atoms in total. The Labute approximate surface area is 138 Å². The van der Waals surface area contributed by atoms with Gasteiger partial charge in [-0.1, -0.05) is 0 Å². The number of likely N-dealkylation sites (N-methyl/N-ethyl adjacent to an activating group) is 1. The van der Waals surface area contributed by atoms with Crippen LogP contribution in [0.15, 0.2) is 29.4 Å². The van der Waals surface area contributed by atoms with Crippen molar-refractivity contribution in [3.8, 4) is 0 Å². The zero-order valence-electron chi connectivity index (χ0n) is 12.9. The second-order valence-electron chi connectivity index (χ2n) is 5.83. The highest BCUT2D eigenvalue weighted by atomic mass is 32.1. The summed E-state index contributed by atoms with van der Waals surface area (Å²) in [6.07, 6.45) is 4.85. The molecular weight excluding hydrogens is 314 g/mol. The highest BCUT2D eigenvalue weighted by Crippen LogP contribution is 2.25. The molecule has 2 aromatic rings. The molecule has 1 amide bonds. The third-order valence-electron chi connectivity index (χ3n) is 3.92. The molecule has 2 aromatic heterocycles. The zero-order chi connectivity index (χ0) is 16.3. The van der Waals surface area contributed by atoms with Gasteiger partial charge in [0.15, 0.2) is 0 Å². The van der Waals surface area contributed by atoms with Crippen LogP contribution in [0.4, 0.5) is 5.95 Å². The number of anilines is 1. The molecule has 0 bridgehead atoms. The van der Waals surface area contributed by atoms with Crippen molar-refractivity contribution in [2.45, 2.75) is 18.4 Å². The summed E-state index contributed by atoms with van der Waals surface area (Å²) in [6.45, 7) is 1.47. The summed E-state index contributed by atoms with van der Waals surface area (Å²) < 4.78 is 0. The van der Waals surface area contributed by atoms with E-state index in [1.54, 1.807) is 36.4 Å². The van der Waals surface area contributed by atoms with Crippen LogP contribution in [-0.4, -0.2) is 63.1 Å². The van der Waals surface area contributed by atoms with Crippen LogP contribution in [-0.2, 0) is 0 Å². The average Bonchev–Trinajstić information content (AvgIpc) is 3.09. The molecule has 8 heteroatoms. The Kier molecular flexibility index (Phi) is 4.53. The molecule has 0 saturated carbocycles. The number of thiazole rings is 1. The molecule has 0 radical (unpaired) electrons. The quantitative estimate of drug-likeness (QED) is 0.900. The van der Waals surface area contributed by atoms with Gasteiger partial charge >= 0.3 is 0 Å². The van der Waals surface area contributed by atoms with Gasteiger partial charge in [0.05, 0.1) is 24.2 Å². The van der Waals surface area contributed by atoms with Crippen LogP contribution in [0.1, 0.15) is 23.3 Å². The van der Waals surface area contributed by atoms with E-state index < -0.39 is 5.60 Å². The standard InChI is InChI=1S/C15H19N5O2S/c1-19(13(21)12-8-23-11-18-12)9-15(22)4-2-7-20(10-15)14-16-5-3-6-17-14/h3,5-6,8,11,22H,2,4,7,9-10H2,1H3/t15-/m0/s1. The summed E-state index contributed by atoms with van der Waals surface area (Å²) in [4.78, 5) is 28.3. The predicted molar refractivity (Wildman–Crippen MR) is 87.5 cm³/mol. The number of hydrogen-bond donors (Lipinski definition) is 1. The largest absolute Gasteiger partial charge is 0.386 e. The fourth-order valence-electron chi connectivity index (χ4n) is 2.89. The molecule has 122 valence electrons. The van der Waals surface area contributed by atoms with Gasteiger partial charge in [0.25, 0.3) is 5.91 Å². The van der Waals surface area contributed by atoms with Crippen molar-refractivity contribution in [3.63, 3.8) is 0 Å². The Balaban J connectivity index is 1.67. The van der Waals surface area contributed by atoms with Crippen LogP contribution in [0.3, 0.4) is 0 Å². The van der Waals surface area contributed by atoms with Crippen molar-refractivity contribution in [3.05, 3.63) is 35.0 Å². The molecule has 0 aromatic carbocycles. The van der Waals surface area contributed by atoms with Crippen LogP contribution in [0, 0.1) is 0 Å². The third kappa shape index (κ3) is 3.65. The lowest BCUT2D eigenvalue weighted by atomic mass is 9.92. The lowest BCUT2D eigenvalue weighted by Crippen LogP contribution is -2.55. The van der Waals surface area contributed by atoms with Gasteiger partial charge in [-0.05, 0) is 18.9 Å². The first-order chi connectivity index (χ1) is 11.1. The summed E-state index contributed by atoms with van der Waals surface area (Å²) in [5.74, 6) is 0.437. The highest BCUT2D eigenvalue weighted by Gasteiger charge is 2.36. The lowest BCUT2D eigenvalue weighted by Gasteiger charge is -2.41. The third-order valence-corrected chi connectivity index (χ3v) is 4.51. The summed E-state index contributed by atoms with van der Waals surface area (Å²) >= 11 is 1.38. The molecular formula is C15H19N5O2S. The van der Waals surface area contributed by atoms with Gasteiger partial charge in [-0.15, -0.1) is 11.3 Å². The molecule has 0 spiro atoms. The van der Waals surface area contributed by atoms with Crippen molar-refractivity contribution < 1.29 is 9.90 Å². The van der Waals surface area contributed by atoms with Crippen molar-refractivity contribution in [2.24, 2.45) is 0 Å². The number of piperidine rings is 1. The Morgan fingerprint density at radius 3 is 2.91 bits per heavy atom. The molecule has 0 aliphatic carbocycles. The van der Waals surface area contributed by atoms with E-state index in [1.807, 2.05) is 4.90 Å². The van der Waals surface area contributed by atoms with Gasteiger partial charge in [-0.3, -0.25) is 4.79 Å². The average molecular weight is 333 g/mol. The van der Waals surface area contributed by atoms with Crippen LogP contribution in [0.2, 0.25) is 0 Å². The van der Waals surface area contributed by atoms with Crippen molar-refractivity contribution in [1.29, 1.82) is 0 Å². The van der Waals surface area contributed by atoms with E-state index in [0.29, 0.717) is 24.6 Å². The van der Waals surface area contributed by atoms with E-state index in [9.17, 15) is 9.90 Å². The molecule has 1 aliphatic heterocycles. The Bertz CT molecular complexity index is 651. The minimum absolute atomic E-state index is 0.173. The Morgan fingerprint density at radius 1 is 1.43 bits per heavy atom. The summed E-state index contributed by atoms with van der Waals surface area (Å²) in [5, 5.41) is 12.6. The molecule has 3 heterocycles. The number of amides is 1. The van der Waals surface area contributed by atoms with E-state index in [2.05, 4.69) is 15.0 Å². The second-order valence-corrected chi connectivity index (χ2v) is 6.55. The van der Waals surface area contributed by atoms with Gasteiger partial charge in [0.1, 0.15) is 5.69 Å². The van der Waals surface area contributed by atoms with Crippen molar-refractivity contribution >= 4 is 23.2 Å². The van der Waals surface area contributed by atoms with Gasteiger partial charge in [0, 0.05) is 31.4 Å². The monoisotopic (exact) mass is 333 g/mol. The van der Waals surface area contributed by atoms with E-state index >= 15 is 0 Å². The van der Waals surface area contributed by atoms with Gasteiger partial charge in [0.2, 0.25) is 5.95 Å². The molecule has 0 unspecified atom stereocenters. The molecule has 1 atom stereocenters. The zero-order valence-corrected chi connectivity index (χ0v) is 13.7. The number of rotatable bonds is 4. The minimum Gasteiger partial charge on any atom is -0.386 e. The Morgan fingerprint density at radius 2 is 2.22 bits per heavy atom. The first kappa shape index (κ1) is 15.8. The maximum Gasteiger partial charge on any atom is 0.273 e. The summed E-state index contributed by atoms with van der Waals surface area (Å²) in [7, 11) is 1.69. The predicted octanol–water partition coefficient (Wildman–Crippen LogP) is 1.04. The molecule has 1 aliphatic rings. The number of nitrogens with zero attached hydrogens (tertiary/aromatic N) is 5. The number of β-amino-alcohol motifs (C(OH)–C–C–N with tert-alkyl or cyclic N) is 1. The van der Waals surface area contributed by atoms with Crippen LogP contribution in [0.25, 0.3) is 0 Å². The van der Waals surface area contributed by atoms with Crippen LogP contribution < -0.4 is 4.90 Å². The molecule has 3 rings (SSSR count). The number of aliphatic hydroxyl groups is 1. The Hall–Kier alpha value is -2.06. The minimum atomic E-state index is -0.974. The van der Waals surface area contributed by atoms with Crippen molar-refractivity contribution in [2.75, 3.05) is 31.6 Å². The number of carbonyl (C=O) groups is 1. The first-order valence-corrected chi connectivity index (χ1v) is 8.40. The van der Waals surface area contributed by atoms with E-state index in [0.717, 1.165) is 13.0 Å². The van der Waals surface area contributed by atoms with Gasteiger partial charge in [-0.25, -0.2) is 15.0 Å². The maximum absolute atomic E-state index is 12.3. The topological polar surface area (TPSA) is 82.5 Å². The van der Waals surface area contributed by atoms with E-state index in [4.69, 9.17) is 0 Å². The molecule has 1 N–H and O–H groups in total. The lowest BCUT2D eigenvalue weighted by molar-refractivity contribution is -0.000419. The molecule has 1 saturated heterocycles. The molecule has 23 heavy (non-hydrogen) atoms. The second kappa shape index (κ2) is 6.59. The number of aromatic nitrogens is 3. The SMILES string of the molecule is CN(C[C@@]1(O)CCCN(c2ncccn2)C1)C(=O)c1cscn1. The van der Waals surface area contributed by atoms with Crippen LogP contribution >= 0.6 is 11.3 Å². The summed E-state index contributed by atoms with van der Waals surface area (Å²) in [6, 6.07) is 1.76. The first-order valence-electron chi connectivity index (χ1n) is 7.45. The fourth-order valence-corrected chi connectivity index (χ4v) is 3.42. The van der Waals surface area contributed by atoms with Gasteiger partial charge < -0.3 is 14.9 Å². The molecule has 1 fully saturated rings. The van der Waals surface area contributed by atoms with Crippen LogP contribution in [0.5, 0.6) is 0 Å². The summed E-state index contributed by atoms with van der Waals surface area (Å²) in [5.41, 5.74) is 1.07. The number of carbonyl (C=O) groups excluding carboxylic acids is 1. The normalized spacial score (nSPS) is 21.2.